The molecule has 0 N–H and O–H groups in total. The number of Topliss-reactive ketones (excluding diaryl/α,β-unsaturated/α-hetero) is 1. The molecule has 3 aromatic rings. The van der Waals surface area contributed by atoms with Gasteiger partial charge in [0, 0.05) is 11.1 Å². The van der Waals surface area contributed by atoms with Gasteiger partial charge < -0.3 is 4.42 Å². The number of benzene rings is 2. The van der Waals surface area contributed by atoms with Crippen molar-refractivity contribution in [3.05, 3.63) is 64.7 Å². The molecule has 0 bridgehead atoms. The molecule has 25 heavy (non-hydrogen) atoms. The average Bonchev–Trinajstić information content (AvgIpc) is 3.11. The third kappa shape index (κ3) is 4.17. The van der Waals surface area contributed by atoms with Crippen molar-refractivity contribution in [1.29, 1.82) is 0 Å². The maximum atomic E-state index is 12.3. The van der Waals surface area contributed by atoms with Crippen molar-refractivity contribution in [1.82, 2.24) is 10.2 Å². The van der Waals surface area contributed by atoms with Gasteiger partial charge >= 0.3 is 0 Å². The fourth-order valence-corrected chi connectivity index (χ4v) is 3.05. The number of hydrogen-bond donors (Lipinski definition) is 0. The van der Waals surface area contributed by atoms with Crippen LogP contribution >= 0.6 is 11.8 Å². The summed E-state index contributed by atoms with van der Waals surface area (Å²) in [4.78, 5) is 12.3. The average molecular weight is 352 g/mol. The van der Waals surface area contributed by atoms with Crippen molar-refractivity contribution in [3.63, 3.8) is 0 Å². The Kier molecular flexibility index (Phi) is 5.34. The molecule has 0 aliphatic carbocycles. The zero-order valence-corrected chi connectivity index (χ0v) is 15.4. The summed E-state index contributed by atoms with van der Waals surface area (Å²) in [7, 11) is 0. The number of aromatic nitrogens is 2. The molecule has 0 saturated carbocycles. The number of nitrogens with zero attached hydrogens (tertiary/aromatic N) is 2. The highest BCUT2D eigenvalue weighted by molar-refractivity contribution is 7.99. The lowest BCUT2D eigenvalue weighted by atomic mass is 10.1. The summed E-state index contributed by atoms with van der Waals surface area (Å²) in [6.07, 6.45) is 0.965. The van der Waals surface area contributed by atoms with Crippen LogP contribution < -0.4 is 0 Å². The summed E-state index contributed by atoms with van der Waals surface area (Å²) in [5, 5.41) is 8.52. The summed E-state index contributed by atoms with van der Waals surface area (Å²) >= 11 is 1.27. The summed E-state index contributed by atoms with van der Waals surface area (Å²) in [5.74, 6) is 0.809. The number of aryl methyl sites for hydroxylation is 3. The van der Waals surface area contributed by atoms with Crippen LogP contribution in [0, 0.1) is 13.8 Å². The Morgan fingerprint density at radius 3 is 2.48 bits per heavy atom. The first-order valence-electron chi connectivity index (χ1n) is 8.23. The molecule has 0 amide bonds. The largest absolute Gasteiger partial charge is 0.411 e. The lowest BCUT2D eigenvalue weighted by Gasteiger charge is -2.01. The minimum atomic E-state index is 0.0542. The lowest BCUT2D eigenvalue weighted by Crippen LogP contribution is -2.02. The summed E-state index contributed by atoms with van der Waals surface area (Å²) < 4.78 is 5.68. The predicted octanol–water partition coefficient (Wildman–Crippen LogP) is 4.89. The van der Waals surface area contributed by atoms with Crippen molar-refractivity contribution < 1.29 is 9.21 Å². The number of hydrogen-bond acceptors (Lipinski definition) is 5. The van der Waals surface area contributed by atoms with E-state index in [4.69, 9.17) is 4.42 Å². The number of carbonyl (C=O) groups is 1. The van der Waals surface area contributed by atoms with Crippen molar-refractivity contribution in [3.8, 4) is 11.5 Å². The molecule has 0 radical (unpaired) electrons. The standard InChI is InChI=1S/C20H20N2O2S/c1-4-15-6-9-16(10-7-15)18(23)12-25-20-22-21-19(24-20)17-8-5-13(2)14(3)11-17/h5-11H,4,12H2,1-3H3. The van der Waals surface area contributed by atoms with Crippen LogP contribution in [0.5, 0.6) is 0 Å². The highest BCUT2D eigenvalue weighted by Crippen LogP contribution is 2.25. The van der Waals surface area contributed by atoms with E-state index in [0.29, 0.717) is 16.7 Å². The Labute approximate surface area is 151 Å². The maximum Gasteiger partial charge on any atom is 0.277 e. The number of rotatable bonds is 6. The number of thioether (sulfide) groups is 1. The molecule has 0 atom stereocenters. The van der Waals surface area contributed by atoms with Crippen LogP contribution in [0.25, 0.3) is 11.5 Å². The van der Waals surface area contributed by atoms with Crippen LogP contribution in [0.3, 0.4) is 0 Å². The molecular weight excluding hydrogens is 332 g/mol. The highest BCUT2D eigenvalue weighted by Gasteiger charge is 2.13. The smallest absolute Gasteiger partial charge is 0.277 e. The van der Waals surface area contributed by atoms with E-state index in [1.165, 1.54) is 28.5 Å². The number of ketones is 1. The quantitative estimate of drug-likeness (QED) is 0.467. The van der Waals surface area contributed by atoms with E-state index < -0.39 is 0 Å². The van der Waals surface area contributed by atoms with E-state index in [1.54, 1.807) is 0 Å². The Morgan fingerprint density at radius 1 is 1.04 bits per heavy atom. The van der Waals surface area contributed by atoms with Gasteiger partial charge in [0.1, 0.15) is 0 Å². The van der Waals surface area contributed by atoms with Gasteiger partial charge in [-0.1, -0.05) is 49.0 Å². The topological polar surface area (TPSA) is 56.0 Å². The van der Waals surface area contributed by atoms with Crippen LogP contribution in [0.15, 0.2) is 52.1 Å². The Balaban J connectivity index is 1.64. The van der Waals surface area contributed by atoms with Crippen LogP contribution in [-0.2, 0) is 6.42 Å². The van der Waals surface area contributed by atoms with Crippen LogP contribution in [0.2, 0.25) is 0 Å². The van der Waals surface area contributed by atoms with Gasteiger partial charge in [0.25, 0.3) is 5.22 Å². The van der Waals surface area contributed by atoms with Crippen molar-refractivity contribution >= 4 is 17.5 Å². The van der Waals surface area contributed by atoms with Gasteiger partial charge in [-0.25, -0.2) is 0 Å². The zero-order valence-electron chi connectivity index (χ0n) is 14.6. The van der Waals surface area contributed by atoms with E-state index >= 15 is 0 Å². The molecule has 0 fully saturated rings. The lowest BCUT2D eigenvalue weighted by molar-refractivity contribution is 0.102. The van der Waals surface area contributed by atoms with Gasteiger partial charge in [-0.15, -0.1) is 10.2 Å². The summed E-state index contributed by atoms with van der Waals surface area (Å²) in [6.45, 7) is 6.20. The van der Waals surface area contributed by atoms with Gasteiger partial charge in [0.15, 0.2) is 5.78 Å². The van der Waals surface area contributed by atoms with Crippen LogP contribution in [0.4, 0.5) is 0 Å². The normalized spacial score (nSPS) is 10.8. The third-order valence-corrected chi connectivity index (χ3v) is 4.99. The SMILES string of the molecule is CCc1ccc(C(=O)CSc2nnc(-c3ccc(C)c(C)c3)o2)cc1. The molecular formula is C20H20N2O2S. The van der Waals surface area contributed by atoms with Crippen molar-refractivity contribution in [2.75, 3.05) is 5.75 Å². The van der Waals surface area contributed by atoms with Gasteiger partial charge in [-0.3, -0.25) is 4.79 Å². The molecule has 2 aromatic carbocycles. The molecule has 4 nitrogen and oxygen atoms in total. The van der Waals surface area contributed by atoms with E-state index in [-0.39, 0.29) is 11.5 Å². The van der Waals surface area contributed by atoms with Crippen LogP contribution in [0.1, 0.15) is 34.0 Å². The number of carbonyl (C=O) groups excluding carboxylic acids is 1. The van der Waals surface area contributed by atoms with E-state index in [1.807, 2.05) is 49.4 Å². The van der Waals surface area contributed by atoms with Gasteiger partial charge in [0.05, 0.1) is 5.75 Å². The minimum absolute atomic E-state index is 0.0542. The molecule has 5 heteroatoms. The molecule has 0 aliphatic rings. The molecule has 0 unspecified atom stereocenters. The van der Waals surface area contributed by atoms with Crippen LogP contribution in [-0.4, -0.2) is 21.7 Å². The van der Waals surface area contributed by atoms with Crippen molar-refractivity contribution in [2.24, 2.45) is 0 Å². The molecule has 3 rings (SSSR count). The second kappa shape index (κ2) is 7.66. The summed E-state index contributed by atoms with van der Waals surface area (Å²) in [6, 6.07) is 13.7. The van der Waals surface area contributed by atoms with E-state index in [0.717, 1.165) is 12.0 Å². The predicted molar refractivity (Wildman–Crippen MR) is 100 cm³/mol. The summed E-state index contributed by atoms with van der Waals surface area (Å²) in [5.41, 5.74) is 5.22. The van der Waals surface area contributed by atoms with Gasteiger partial charge in [0.2, 0.25) is 5.89 Å². The zero-order chi connectivity index (χ0) is 17.8. The minimum Gasteiger partial charge on any atom is -0.411 e. The van der Waals surface area contributed by atoms with E-state index in [2.05, 4.69) is 24.0 Å². The first-order chi connectivity index (χ1) is 12.1. The third-order valence-electron chi connectivity index (χ3n) is 4.17. The molecule has 128 valence electrons. The Morgan fingerprint density at radius 2 is 1.80 bits per heavy atom. The second-order valence-electron chi connectivity index (χ2n) is 5.93. The first kappa shape index (κ1) is 17.4. The first-order valence-corrected chi connectivity index (χ1v) is 9.21. The molecule has 0 saturated heterocycles. The van der Waals surface area contributed by atoms with E-state index in [9.17, 15) is 4.79 Å². The Hall–Kier alpha value is -2.40. The monoisotopic (exact) mass is 352 g/mol. The Bertz CT molecular complexity index is 885. The van der Waals surface area contributed by atoms with Gasteiger partial charge in [-0.05, 0) is 49.1 Å². The molecule has 0 aliphatic heterocycles. The van der Waals surface area contributed by atoms with Gasteiger partial charge in [-0.2, -0.15) is 0 Å². The molecule has 1 aromatic heterocycles. The maximum absolute atomic E-state index is 12.3. The fourth-order valence-electron chi connectivity index (χ4n) is 2.40. The highest BCUT2D eigenvalue weighted by atomic mass is 32.2. The van der Waals surface area contributed by atoms with Crippen molar-refractivity contribution in [2.45, 2.75) is 32.4 Å². The molecule has 0 spiro atoms. The second-order valence-corrected chi connectivity index (χ2v) is 6.86. The molecule has 1 heterocycles. The fraction of sp³-hybridized carbons (Fsp3) is 0.250.